The van der Waals surface area contributed by atoms with Crippen molar-refractivity contribution in [3.05, 3.63) is 0 Å². The summed E-state index contributed by atoms with van der Waals surface area (Å²) in [7, 11) is -3.07. The van der Waals surface area contributed by atoms with Crippen molar-refractivity contribution in [1.29, 1.82) is 0 Å². The van der Waals surface area contributed by atoms with Crippen LogP contribution < -0.4 is 0 Å². The molecule has 0 amide bonds. The highest BCUT2D eigenvalue weighted by Crippen LogP contribution is 2.23. The van der Waals surface area contributed by atoms with Gasteiger partial charge in [0.25, 0.3) is 0 Å². The van der Waals surface area contributed by atoms with E-state index in [4.69, 9.17) is 0 Å². The zero-order valence-corrected chi connectivity index (χ0v) is 13.4. The smallest absolute Gasteiger partial charge is 0.211 e. The number of likely N-dealkylation sites (tertiary alicyclic amines) is 1. The molecule has 0 aromatic carbocycles. The summed E-state index contributed by atoms with van der Waals surface area (Å²) in [6.45, 7) is 8.04. The van der Waals surface area contributed by atoms with Crippen LogP contribution in [0.15, 0.2) is 0 Å². The van der Waals surface area contributed by atoms with Crippen LogP contribution in [-0.4, -0.2) is 91.8 Å². The molecule has 2 aliphatic rings. The van der Waals surface area contributed by atoms with E-state index >= 15 is 0 Å². The highest BCUT2D eigenvalue weighted by Gasteiger charge is 2.35. The number of rotatable bonds is 4. The van der Waals surface area contributed by atoms with Gasteiger partial charge in [-0.1, -0.05) is 6.92 Å². The van der Waals surface area contributed by atoms with Crippen LogP contribution in [0.1, 0.15) is 19.8 Å². The van der Waals surface area contributed by atoms with Crippen LogP contribution in [0.25, 0.3) is 0 Å². The number of hydrogen-bond acceptors (Lipinski definition) is 5. The average Bonchev–Trinajstić information content (AvgIpc) is 2.37. The molecule has 0 aromatic rings. The van der Waals surface area contributed by atoms with Gasteiger partial charge in [-0.2, -0.15) is 4.31 Å². The summed E-state index contributed by atoms with van der Waals surface area (Å²) in [4.78, 5) is 4.48. The number of sulfonamides is 1. The molecule has 1 N–H and O–H groups in total. The average molecular weight is 305 g/mol. The summed E-state index contributed by atoms with van der Waals surface area (Å²) in [5, 5.41) is 10.7. The van der Waals surface area contributed by atoms with Gasteiger partial charge in [-0.3, -0.25) is 4.90 Å². The fourth-order valence-corrected chi connectivity index (χ4v) is 4.07. The molecule has 0 aromatic heterocycles. The minimum atomic E-state index is -3.07. The van der Waals surface area contributed by atoms with Gasteiger partial charge >= 0.3 is 0 Å². The maximum absolute atomic E-state index is 11.5. The van der Waals surface area contributed by atoms with Crippen LogP contribution in [0.3, 0.4) is 0 Å². The van der Waals surface area contributed by atoms with Crippen molar-refractivity contribution >= 4 is 10.0 Å². The molecule has 20 heavy (non-hydrogen) atoms. The molecule has 0 aliphatic carbocycles. The number of piperazine rings is 1. The predicted octanol–water partition coefficient (Wildman–Crippen LogP) is -0.590. The van der Waals surface area contributed by atoms with Gasteiger partial charge in [-0.05, 0) is 25.9 Å². The van der Waals surface area contributed by atoms with E-state index in [2.05, 4.69) is 16.7 Å². The second-order valence-corrected chi connectivity index (χ2v) is 8.12. The third-order valence-electron chi connectivity index (χ3n) is 4.40. The van der Waals surface area contributed by atoms with Crippen LogP contribution in [0.4, 0.5) is 0 Å². The topological polar surface area (TPSA) is 64.1 Å². The molecule has 0 unspecified atom stereocenters. The normalized spacial score (nSPS) is 31.6. The van der Waals surface area contributed by atoms with Crippen LogP contribution in [0.2, 0.25) is 0 Å². The first-order valence-corrected chi connectivity index (χ1v) is 9.29. The van der Waals surface area contributed by atoms with Crippen molar-refractivity contribution in [1.82, 2.24) is 14.1 Å². The van der Waals surface area contributed by atoms with Crippen LogP contribution >= 0.6 is 0 Å². The molecule has 0 spiro atoms. The monoisotopic (exact) mass is 305 g/mol. The molecular formula is C13H27N3O3S. The Balaban J connectivity index is 1.86. The summed E-state index contributed by atoms with van der Waals surface area (Å²) in [6.07, 6.45) is 3.14. The largest absolute Gasteiger partial charge is 0.387 e. The first-order valence-electron chi connectivity index (χ1n) is 7.45. The Bertz CT molecular complexity index is 421. The summed E-state index contributed by atoms with van der Waals surface area (Å²) in [6, 6.07) is 0. The van der Waals surface area contributed by atoms with Crippen LogP contribution in [0, 0.1) is 0 Å². The van der Waals surface area contributed by atoms with Gasteiger partial charge in [0.05, 0.1) is 11.9 Å². The minimum Gasteiger partial charge on any atom is -0.387 e. The van der Waals surface area contributed by atoms with Crippen LogP contribution in [0.5, 0.6) is 0 Å². The molecule has 2 fully saturated rings. The summed E-state index contributed by atoms with van der Waals surface area (Å²) in [5.74, 6) is 0. The quantitative estimate of drug-likeness (QED) is 0.752. The van der Waals surface area contributed by atoms with E-state index in [-0.39, 0.29) is 0 Å². The van der Waals surface area contributed by atoms with E-state index in [1.807, 2.05) is 0 Å². The summed E-state index contributed by atoms with van der Waals surface area (Å²) in [5.41, 5.74) is -0.637. The van der Waals surface area contributed by atoms with Crippen molar-refractivity contribution in [2.45, 2.75) is 25.4 Å². The van der Waals surface area contributed by atoms with Crippen molar-refractivity contribution in [3.63, 3.8) is 0 Å². The fourth-order valence-electron chi connectivity index (χ4n) is 3.24. The molecule has 0 saturated carbocycles. The van der Waals surface area contributed by atoms with Gasteiger partial charge < -0.3 is 10.0 Å². The van der Waals surface area contributed by atoms with Crippen molar-refractivity contribution in [2.24, 2.45) is 0 Å². The molecule has 2 saturated heterocycles. The Hall–Kier alpha value is -0.210. The zero-order valence-electron chi connectivity index (χ0n) is 12.6. The minimum absolute atomic E-state index is 0.534. The van der Waals surface area contributed by atoms with Gasteiger partial charge in [0.15, 0.2) is 0 Å². The summed E-state index contributed by atoms with van der Waals surface area (Å²) < 4.78 is 24.5. The van der Waals surface area contributed by atoms with E-state index in [1.165, 1.54) is 10.6 Å². The lowest BCUT2D eigenvalue weighted by atomic mass is 9.92. The fraction of sp³-hybridized carbons (Fsp3) is 1.00. The number of aliphatic hydroxyl groups is 1. The van der Waals surface area contributed by atoms with Gasteiger partial charge in [0, 0.05) is 39.3 Å². The molecule has 1 atom stereocenters. The lowest BCUT2D eigenvalue weighted by molar-refractivity contribution is -0.0558. The standard InChI is InChI=1S/C13H27N3O3S/c1-3-14-6-4-5-13(17,11-14)12-15-7-9-16(10-8-15)20(2,18)19/h17H,3-12H2,1-2H3/t13-/m1/s1. The molecule has 118 valence electrons. The van der Waals surface area contributed by atoms with E-state index < -0.39 is 15.6 Å². The third kappa shape index (κ3) is 4.14. The van der Waals surface area contributed by atoms with Crippen molar-refractivity contribution in [2.75, 3.05) is 58.6 Å². The Morgan fingerprint density at radius 3 is 2.30 bits per heavy atom. The Morgan fingerprint density at radius 2 is 1.75 bits per heavy atom. The molecule has 0 bridgehead atoms. The van der Waals surface area contributed by atoms with E-state index in [0.29, 0.717) is 32.7 Å². The number of nitrogens with zero attached hydrogens (tertiary/aromatic N) is 3. The van der Waals surface area contributed by atoms with Gasteiger partial charge in [-0.25, -0.2) is 8.42 Å². The molecule has 2 rings (SSSR count). The van der Waals surface area contributed by atoms with Gasteiger partial charge in [-0.15, -0.1) is 0 Å². The van der Waals surface area contributed by atoms with Crippen LogP contribution in [-0.2, 0) is 10.0 Å². The first kappa shape index (κ1) is 16.2. The molecule has 2 heterocycles. The van der Waals surface area contributed by atoms with E-state index in [9.17, 15) is 13.5 Å². The Labute approximate surface area is 122 Å². The Kier molecular flexibility index (Phi) is 5.07. The van der Waals surface area contributed by atoms with Crippen molar-refractivity contribution in [3.8, 4) is 0 Å². The van der Waals surface area contributed by atoms with Crippen molar-refractivity contribution < 1.29 is 13.5 Å². The predicted molar refractivity (Wildman–Crippen MR) is 79.2 cm³/mol. The molecule has 2 aliphatic heterocycles. The van der Waals surface area contributed by atoms with Gasteiger partial charge in [0.2, 0.25) is 10.0 Å². The SMILES string of the molecule is CCN1CCC[C@](O)(CN2CCN(S(C)(=O)=O)CC2)C1. The molecule has 7 heteroatoms. The third-order valence-corrected chi connectivity index (χ3v) is 5.70. The lowest BCUT2D eigenvalue weighted by Crippen LogP contribution is -2.57. The lowest BCUT2D eigenvalue weighted by Gasteiger charge is -2.43. The number of β-amino-alcohol motifs (C(OH)–C–C–N with tert-alkyl or cyclic N) is 1. The highest BCUT2D eigenvalue weighted by molar-refractivity contribution is 7.88. The number of likely N-dealkylation sites (N-methyl/N-ethyl adjacent to an activating group) is 1. The van der Waals surface area contributed by atoms with E-state index in [0.717, 1.165) is 32.5 Å². The number of piperidine rings is 1. The van der Waals surface area contributed by atoms with Gasteiger partial charge in [0.1, 0.15) is 0 Å². The Morgan fingerprint density at radius 1 is 1.10 bits per heavy atom. The zero-order chi connectivity index (χ0) is 14.8. The van der Waals surface area contributed by atoms with E-state index in [1.54, 1.807) is 0 Å². The first-order chi connectivity index (χ1) is 9.32. The maximum atomic E-state index is 11.5. The molecule has 6 nitrogen and oxygen atoms in total. The number of hydrogen-bond donors (Lipinski definition) is 1. The highest BCUT2D eigenvalue weighted by atomic mass is 32.2. The second kappa shape index (κ2) is 6.27. The molecular weight excluding hydrogens is 278 g/mol. The maximum Gasteiger partial charge on any atom is 0.211 e. The second-order valence-electron chi connectivity index (χ2n) is 6.13. The molecule has 0 radical (unpaired) electrons. The summed E-state index contributed by atoms with van der Waals surface area (Å²) >= 11 is 0.